The van der Waals surface area contributed by atoms with Crippen molar-refractivity contribution in [1.82, 2.24) is 0 Å². The molecular weight excluding hydrogens is 204 g/mol. The van der Waals surface area contributed by atoms with Crippen molar-refractivity contribution in [3.63, 3.8) is 0 Å². The molecule has 74 valence electrons. The van der Waals surface area contributed by atoms with Gasteiger partial charge in [-0.15, -0.1) is 0 Å². The van der Waals surface area contributed by atoms with Crippen LogP contribution in [0, 0.1) is 0 Å². The molecule has 0 spiro atoms. The summed E-state index contributed by atoms with van der Waals surface area (Å²) in [6.45, 7) is 0.625. The van der Waals surface area contributed by atoms with Crippen molar-refractivity contribution < 1.29 is 14.3 Å². The highest BCUT2D eigenvalue weighted by Gasteiger charge is 2.21. The first-order chi connectivity index (χ1) is 6.74. The number of hydrogen-bond acceptors (Lipinski definition) is 3. The largest absolute Gasteiger partial charge is 0.493 e. The Labute approximate surface area is 86.6 Å². The lowest BCUT2D eigenvalue weighted by Gasteiger charge is -2.05. The molecule has 0 fully saturated rings. The summed E-state index contributed by atoms with van der Waals surface area (Å²) in [5, 5.41) is 0.451. The van der Waals surface area contributed by atoms with Crippen LogP contribution in [0.2, 0.25) is 5.02 Å². The Hall–Kier alpha value is -1.22. The van der Waals surface area contributed by atoms with Crippen LogP contribution in [0.25, 0.3) is 0 Å². The first-order valence-electron chi connectivity index (χ1n) is 4.26. The number of halogens is 1. The van der Waals surface area contributed by atoms with Gasteiger partial charge < -0.3 is 9.47 Å². The molecule has 0 saturated carbocycles. The summed E-state index contributed by atoms with van der Waals surface area (Å²) in [5.74, 6) is 0.354. The van der Waals surface area contributed by atoms with Crippen LogP contribution in [-0.4, -0.2) is 19.7 Å². The quantitative estimate of drug-likeness (QED) is 0.669. The van der Waals surface area contributed by atoms with E-state index in [9.17, 15) is 4.79 Å². The zero-order valence-electron chi connectivity index (χ0n) is 7.67. The number of hydrogen-bond donors (Lipinski definition) is 0. The van der Waals surface area contributed by atoms with Gasteiger partial charge in [-0.1, -0.05) is 11.6 Å². The number of carbonyl (C=O) groups excluding carboxylic acids is 1. The number of benzene rings is 1. The summed E-state index contributed by atoms with van der Waals surface area (Å²) in [6, 6.07) is 3.37. The van der Waals surface area contributed by atoms with Crippen molar-refractivity contribution in [2.24, 2.45) is 0 Å². The lowest BCUT2D eigenvalue weighted by molar-refractivity contribution is 0.0601. The van der Waals surface area contributed by atoms with Crippen molar-refractivity contribution in [2.75, 3.05) is 13.7 Å². The Balaban J connectivity index is 2.50. The summed E-state index contributed by atoms with van der Waals surface area (Å²) in [5.41, 5.74) is 1.30. The zero-order chi connectivity index (χ0) is 10.1. The maximum Gasteiger partial charge on any atom is 0.339 e. The van der Waals surface area contributed by atoms with Crippen LogP contribution in [-0.2, 0) is 11.2 Å². The number of rotatable bonds is 1. The average Bonchev–Trinajstić information content (AvgIpc) is 2.66. The SMILES string of the molecule is COC(=O)c1ccc2c(c1Cl)CCO2. The van der Waals surface area contributed by atoms with Gasteiger partial charge in [0.25, 0.3) is 0 Å². The van der Waals surface area contributed by atoms with Crippen molar-refractivity contribution in [2.45, 2.75) is 6.42 Å². The van der Waals surface area contributed by atoms with Gasteiger partial charge in [0.2, 0.25) is 0 Å². The minimum absolute atomic E-state index is 0.401. The Morgan fingerprint density at radius 3 is 3.07 bits per heavy atom. The molecule has 0 bridgehead atoms. The molecule has 4 heteroatoms. The second-order valence-electron chi connectivity index (χ2n) is 2.99. The van der Waals surface area contributed by atoms with Gasteiger partial charge in [-0.25, -0.2) is 4.79 Å². The predicted molar refractivity (Wildman–Crippen MR) is 52.0 cm³/mol. The average molecular weight is 213 g/mol. The smallest absolute Gasteiger partial charge is 0.339 e. The van der Waals surface area contributed by atoms with E-state index >= 15 is 0 Å². The fourth-order valence-corrected chi connectivity index (χ4v) is 1.83. The maximum absolute atomic E-state index is 11.3. The third-order valence-corrected chi connectivity index (χ3v) is 2.65. The number of fused-ring (bicyclic) bond motifs is 1. The molecule has 1 heterocycles. The highest BCUT2D eigenvalue weighted by Crippen LogP contribution is 2.34. The number of carbonyl (C=O) groups is 1. The second-order valence-corrected chi connectivity index (χ2v) is 3.37. The minimum Gasteiger partial charge on any atom is -0.493 e. The molecular formula is C10H9ClO3. The summed E-state index contributed by atoms with van der Waals surface area (Å²) in [4.78, 5) is 11.3. The van der Waals surface area contributed by atoms with Crippen molar-refractivity contribution in [3.05, 3.63) is 28.3 Å². The van der Waals surface area contributed by atoms with E-state index in [0.717, 1.165) is 17.7 Å². The minimum atomic E-state index is -0.412. The number of esters is 1. The van der Waals surface area contributed by atoms with Crippen LogP contribution >= 0.6 is 11.6 Å². The standard InChI is InChI=1S/C10H9ClO3/c1-13-10(12)7-2-3-8-6(9(7)11)4-5-14-8/h2-3H,4-5H2,1H3. The van der Waals surface area contributed by atoms with Crippen LogP contribution in [0.3, 0.4) is 0 Å². The van der Waals surface area contributed by atoms with E-state index < -0.39 is 5.97 Å². The van der Waals surface area contributed by atoms with Gasteiger partial charge in [0.15, 0.2) is 0 Å². The van der Waals surface area contributed by atoms with E-state index in [-0.39, 0.29) is 0 Å². The lowest BCUT2D eigenvalue weighted by Crippen LogP contribution is -2.02. The maximum atomic E-state index is 11.3. The molecule has 0 N–H and O–H groups in total. The normalized spacial score (nSPS) is 13.3. The highest BCUT2D eigenvalue weighted by atomic mass is 35.5. The first-order valence-corrected chi connectivity index (χ1v) is 4.64. The Kier molecular flexibility index (Phi) is 2.33. The van der Waals surface area contributed by atoms with Crippen LogP contribution in [0.15, 0.2) is 12.1 Å². The predicted octanol–water partition coefficient (Wildman–Crippen LogP) is 2.06. The van der Waals surface area contributed by atoms with Gasteiger partial charge in [-0.05, 0) is 12.1 Å². The third-order valence-electron chi connectivity index (χ3n) is 2.22. The van der Waals surface area contributed by atoms with E-state index in [1.54, 1.807) is 12.1 Å². The van der Waals surface area contributed by atoms with Gasteiger partial charge in [0.05, 0.1) is 24.3 Å². The molecule has 0 aromatic heterocycles. The Morgan fingerprint density at radius 2 is 2.36 bits per heavy atom. The molecule has 1 aromatic carbocycles. The summed E-state index contributed by atoms with van der Waals surface area (Å²) >= 11 is 6.05. The molecule has 0 radical (unpaired) electrons. The fraction of sp³-hybridized carbons (Fsp3) is 0.300. The molecule has 1 aliphatic heterocycles. The lowest BCUT2D eigenvalue weighted by atomic mass is 10.1. The first kappa shape index (κ1) is 9.34. The summed E-state index contributed by atoms with van der Waals surface area (Å²) < 4.78 is 9.92. The molecule has 0 amide bonds. The van der Waals surface area contributed by atoms with Gasteiger partial charge >= 0.3 is 5.97 Å². The van der Waals surface area contributed by atoms with Crippen molar-refractivity contribution in [3.8, 4) is 5.75 Å². The third kappa shape index (κ3) is 1.34. The summed E-state index contributed by atoms with van der Waals surface area (Å²) in [6.07, 6.45) is 0.749. The molecule has 3 nitrogen and oxygen atoms in total. The van der Waals surface area contributed by atoms with E-state index in [0.29, 0.717) is 17.2 Å². The fourth-order valence-electron chi connectivity index (χ4n) is 1.50. The van der Waals surface area contributed by atoms with Gasteiger partial charge in [-0.2, -0.15) is 0 Å². The van der Waals surface area contributed by atoms with Gasteiger partial charge in [0.1, 0.15) is 5.75 Å². The zero-order valence-corrected chi connectivity index (χ0v) is 8.43. The highest BCUT2D eigenvalue weighted by molar-refractivity contribution is 6.34. The van der Waals surface area contributed by atoms with Gasteiger partial charge in [0, 0.05) is 12.0 Å². The molecule has 0 unspecified atom stereocenters. The number of methoxy groups -OCH3 is 1. The molecule has 0 aliphatic carbocycles. The number of ether oxygens (including phenoxy) is 2. The van der Waals surface area contributed by atoms with Gasteiger partial charge in [-0.3, -0.25) is 0 Å². The van der Waals surface area contributed by atoms with E-state index in [4.69, 9.17) is 16.3 Å². The molecule has 0 atom stereocenters. The van der Waals surface area contributed by atoms with E-state index in [1.165, 1.54) is 7.11 Å². The molecule has 2 rings (SSSR count). The molecule has 0 saturated heterocycles. The molecule has 1 aliphatic rings. The summed E-state index contributed by atoms with van der Waals surface area (Å²) in [7, 11) is 1.34. The molecule has 14 heavy (non-hydrogen) atoms. The second kappa shape index (κ2) is 3.50. The van der Waals surface area contributed by atoms with E-state index in [2.05, 4.69) is 4.74 Å². The van der Waals surface area contributed by atoms with Crippen LogP contribution in [0.5, 0.6) is 5.75 Å². The van der Waals surface area contributed by atoms with Crippen molar-refractivity contribution in [1.29, 1.82) is 0 Å². The van der Waals surface area contributed by atoms with Crippen LogP contribution in [0.4, 0.5) is 0 Å². The Morgan fingerprint density at radius 1 is 1.57 bits per heavy atom. The molecule has 1 aromatic rings. The van der Waals surface area contributed by atoms with Crippen molar-refractivity contribution >= 4 is 17.6 Å². The Bertz CT molecular complexity index is 387. The van der Waals surface area contributed by atoms with Crippen LogP contribution in [0.1, 0.15) is 15.9 Å². The topological polar surface area (TPSA) is 35.5 Å². The van der Waals surface area contributed by atoms with Crippen LogP contribution < -0.4 is 4.74 Å². The monoisotopic (exact) mass is 212 g/mol. The van der Waals surface area contributed by atoms with E-state index in [1.807, 2.05) is 0 Å².